The van der Waals surface area contributed by atoms with E-state index in [2.05, 4.69) is 23.9 Å². The van der Waals surface area contributed by atoms with E-state index in [0.717, 1.165) is 41.9 Å². The van der Waals surface area contributed by atoms with Gasteiger partial charge in [-0.3, -0.25) is 4.79 Å². The number of nitrogens with zero attached hydrogens (tertiary/aromatic N) is 2. The molecular weight excluding hydrogens is 202 g/mol. The third kappa shape index (κ3) is 1.22. The van der Waals surface area contributed by atoms with Crippen molar-refractivity contribution in [2.24, 2.45) is 0 Å². The second-order valence-corrected chi connectivity index (χ2v) is 4.75. The van der Waals surface area contributed by atoms with E-state index in [9.17, 15) is 4.79 Å². The number of fused-ring (bicyclic) bond motifs is 3. The lowest BCUT2D eigenvalue weighted by molar-refractivity contribution is 0.763. The first-order valence-corrected chi connectivity index (χ1v) is 5.80. The average molecular weight is 217 g/mol. The molecule has 84 valence electrons. The molecule has 0 unspecified atom stereocenters. The first-order valence-electron chi connectivity index (χ1n) is 5.80. The SMILES string of the molecule is CC(C)c1cc2[nH]c(=O)c3c(n2n1)CCC3. The molecule has 0 atom stereocenters. The molecule has 3 rings (SSSR count). The van der Waals surface area contributed by atoms with Crippen LogP contribution < -0.4 is 5.56 Å². The third-order valence-corrected chi connectivity index (χ3v) is 3.28. The van der Waals surface area contributed by atoms with Crippen LogP contribution in [-0.2, 0) is 12.8 Å². The smallest absolute Gasteiger partial charge is 0.254 e. The molecule has 0 saturated heterocycles. The second-order valence-electron chi connectivity index (χ2n) is 4.75. The molecule has 1 N–H and O–H groups in total. The van der Waals surface area contributed by atoms with Gasteiger partial charge in [-0.25, -0.2) is 4.52 Å². The molecule has 0 fully saturated rings. The molecule has 0 aromatic carbocycles. The molecule has 4 heteroatoms. The van der Waals surface area contributed by atoms with Crippen LogP contribution in [0, 0.1) is 0 Å². The molecule has 2 aromatic rings. The molecule has 1 aliphatic rings. The van der Waals surface area contributed by atoms with Crippen LogP contribution in [0.4, 0.5) is 0 Å². The monoisotopic (exact) mass is 217 g/mol. The quantitative estimate of drug-likeness (QED) is 0.789. The predicted molar refractivity (Wildman–Crippen MR) is 61.9 cm³/mol. The first-order chi connectivity index (χ1) is 7.66. The lowest BCUT2D eigenvalue weighted by Gasteiger charge is -2.01. The van der Waals surface area contributed by atoms with Crippen LogP contribution >= 0.6 is 0 Å². The van der Waals surface area contributed by atoms with Crippen LogP contribution in [-0.4, -0.2) is 14.6 Å². The van der Waals surface area contributed by atoms with Crippen LogP contribution in [0.3, 0.4) is 0 Å². The second kappa shape index (κ2) is 3.20. The van der Waals surface area contributed by atoms with Crippen LogP contribution in [0.15, 0.2) is 10.9 Å². The summed E-state index contributed by atoms with van der Waals surface area (Å²) in [5, 5.41) is 4.57. The van der Waals surface area contributed by atoms with E-state index in [1.165, 1.54) is 0 Å². The van der Waals surface area contributed by atoms with E-state index in [-0.39, 0.29) is 5.56 Å². The van der Waals surface area contributed by atoms with Crippen LogP contribution in [0.2, 0.25) is 0 Å². The van der Waals surface area contributed by atoms with Gasteiger partial charge in [0.1, 0.15) is 5.65 Å². The van der Waals surface area contributed by atoms with Crippen molar-refractivity contribution in [2.75, 3.05) is 0 Å². The zero-order valence-electron chi connectivity index (χ0n) is 9.58. The lowest BCUT2D eigenvalue weighted by atomic mass is 10.1. The van der Waals surface area contributed by atoms with Gasteiger partial charge in [0, 0.05) is 11.6 Å². The van der Waals surface area contributed by atoms with E-state index in [4.69, 9.17) is 0 Å². The van der Waals surface area contributed by atoms with E-state index in [1.807, 2.05) is 10.6 Å². The van der Waals surface area contributed by atoms with Crippen molar-refractivity contribution in [2.45, 2.75) is 39.0 Å². The van der Waals surface area contributed by atoms with E-state index >= 15 is 0 Å². The zero-order chi connectivity index (χ0) is 11.3. The van der Waals surface area contributed by atoms with Crippen molar-refractivity contribution in [3.05, 3.63) is 33.4 Å². The minimum absolute atomic E-state index is 0.0650. The molecule has 4 nitrogen and oxygen atoms in total. The fourth-order valence-electron chi connectivity index (χ4n) is 2.37. The summed E-state index contributed by atoms with van der Waals surface area (Å²) in [5.74, 6) is 0.389. The summed E-state index contributed by atoms with van der Waals surface area (Å²) in [6.45, 7) is 4.22. The fraction of sp³-hybridized carbons (Fsp3) is 0.500. The van der Waals surface area contributed by atoms with Gasteiger partial charge < -0.3 is 4.98 Å². The maximum absolute atomic E-state index is 11.8. The minimum Gasteiger partial charge on any atom is -0.307 e. The van der Waals surface area contributed by atoms with Gasteiger partial charge in [-0.1, -0.05) is 13.8 Å². The summed E-state index contributed by atoms with van der Waals surface area (Å²) in [6.07, 6.45) is 2.92. The average Bonchev–Trinajstić information content (AvgIpc) is 2.80. The number of aromatic amines is 1. The van der Waals surface area contributed by atoms with Crippen LogP contribution in [0.5, 0.6) is 0 Å². The van der Waals surface area contributed by atoms with E-state index in [1.54, 1.807) is 0 Å². The Morgan fingerprint density at radius 2 is 2.25 bits per heavy atom. The molecule has 0 radical (unpaired) electrons. The first kappa shape index (κ1) is 9.63. The standard InChI is InChI=1S/C12H15N3O/c1-7(2)9-6-11-13-12(16)8-4-3-5-10(8)15(11)14-9/h6-7H,3-5H2,1-2H3,(H,13,16). The Morgan fingerprint density at radius 1 is 1.44 bits per heavy atom. The van der Waals surface area contributed by atoms with Gasteiger partial charge in [0.15, 0.2) is 0 Å². The Bertz CT molecular complexity index is 606. The summed E-state index contributed by atoms with van der Waals surface area (Å²) in [5.41, 5.74) is 3.96. The van der Waals surface area contributed by atoms with Gasteiger partial charge in [0.25, 0.3) is 5.56 Å². The maximum Gasteiger partial charge on any atom is 0.254 e. The molecule has 0 spiro atoms. The van der Waals surface area contributed by atoms with E-state index in [0.29, 0.717) is 5.92 Å². The Balaban J connectivity index is 2.35. The van der Waals surface area contributed by atoms with Gasteiger partial charge in [0.2, 0.25) is 0 Å². The Labute approximate surface area is 93.3 Å². The normalized spacial score (nSPS) is 14.9. The maximum atomic E-state index is 11.8. The summed E-state index contributed by atoms with van der Waals surface area (Å²) in [4.78, 5) is 14.7. The van der Waals surface area contributed by atoms with Crippen molar-refractivity contribution in [3.63, 3.8) is 0 Å². The summed E-state index contributed by atoms with van der Waals surface area (Å²) in [6, 6.07) is 1.98. The Morgan fingerprint density at radius 3 is 3.00 bits per heavy atom. The number of H-pyrrole nitrogens is 1. The number of rotatable bonds is 1. The predicted octanol–water partition coefficient (Wildman–Crippen LogP) is 1.63. The van der Waals surface area contributed by atoms with Gasteiger partial charge in [-0.2, -0.15) is 5.10 Å². The van der Waals surface area contributed by atoms with Crippen LogP contribution in [0.25, 0.3) is 5.65 Å². The topological polar surface area (TPSA) is 50.2 Å². The van der Waals surface area contributed by atoms with Crippen molar-refractivity contribution in [1.82, 2.24) is 14.6 Å². The fourth-order valence-corrected chi connectivity index (χ4v) is 2.37. The molecule has 0 amide bonds. The van der Waals surface area contributed by atoms with Crippen molar-refractivity contribution < 1.29 is 0 Å². The number of aromatic nitrogens is 3. The highest BCUT2D eigenvalue weighted by Crippen LogP contribution is 2.21. The molecule has 2 aromatic heterocycles. The van der Waals surface area contributed by atoms with Gasteiger partial charge in [-0.05, 0) is 25.2 Å². The highest BCUT2D eigenvalue weighted by atomic mass is 16.1. The van der Waals surface area contributed by atoms with E-state index < -0.39 is 0 Å². The molecular formula is C12H15N3O. The number of hydrogen-bond donors (Lipinski definition) is 1. The van der Waals surface area contributed by atoms with Gasteiger partial charge >= 0.3 is 0 Å². The Kier molecular flexibility index (Phi) is 1.93. The summed E-state index contributed by atoms with van der Waals surface area (Å²) in [7, 11) is 0. The highest BCUT2D eigenvalue weighted by Gasteiger charge is 2.19. The Hall–Kier alpha value is -1.58. The molecule has 0 bridgehead atoms. The molecule has 1 aliphatic carbocycles. The largest absolute Gasteiger partial charge is 0.307 e. The third-order valence-electron chi connectivity index (χ3n) is 3.28. The number of aryl methyl sites for hydroxylation is 1. The van der Waals surface area contributed by atoms with Crippen molar-refractivity contribution in [1.29, 1.82) is 0 Å². The minimum atomic E-state index is 0.0650. The van der Waals surface area contributed by atoms with Gasteiger partial charge in [-0.15, -0.1) is 0 Å². The summed E-state index contributed by atoms with van der Waals surface area (Å²) < 4.78 is 1.92. The number of hydrogen-bond acceptors (Lipinski definition) is 2. The molecule has 16 heavy (non-hydrogen) atoms. The summed E-state index contributed by atoms with van der Waals surface area (Å²) >= 11 is 0. The van der Waals surface area contributed by atoms with Crippen LogP contribution in [0.1, 0.15) is 43.1 Å². The molecule has 2 heterocycles. The lowest BCUT2D eigenvalue weighted by Crippen LogP contribution is -2.16. The van der Waals surface area contributed by atoms with Gasteiger partial charge in [0.05, 0.1) is 11.4 Å². The highest BCUT2D eigenvalue weighted by molar-refractivity contribution is 5.43. The molecule has 0 aliphatic heterocycles. The van der Waals surface area contributed by atoms with Crippen molar-refractivity contribution >= 4 is 5.65 Å². The van der Waals surface area contributed by atoms with Crippen molar-refractivity contribution in [3.8, 4) is 0 Å². The zero-order valence-corrected chi connectivity index (χ0v) is 9.58. The number of nitrogens with one attached hydrogen (secondary N) is 1. The molecule has 0 saturated carbocycles.